The number of pyridine rings is 1. The van der Waals surface area contributed by atoms with Gasteiger partial charge in [0, 0.05) is 40.8 Å². The van der Waals surface area contributed by atoms with Gasteiger partial charge in [0.2, 0.25) is 0 Å². The lowest BCUT2D eigenvalue weighted by Crippen LogP contribution is -2.00. The molecular weight excluding hydrogens is 296 g/mol. The number of benzene rings is 1. The zero-order valence-corrected chi connectivity index (χ0v) is 14.4. The Morgan fingerprint density at radius 2 is 2.08 bits per heavy atom. The molecule has 0 aliphatic rings. The first-order chi connectivity index (χ1) is 11.6. The predicted molar refractivity (Wildman–Crippen MR) is 103 cm³/mol. The van der Waals surface area contributed by atoms with Crippen molar-refractivity contribution in [3.63, 3.8) is 0 Å². The number of fused-ring (bicyclic) bond motifs is 3. The number of aromatic nitrogens is 2. The molecule has 0 spiro atoms. The van der Waals surface area contributed by atoms with Crippen LogP contribution in [0.3, 0.4) is 0 Å². The van der Waals surface area contributed by atoms with Gasteiger partial charge in [-0.3, -0.25) is 9.98 Å². The number of H-pyrrole nitrogens is 1. The number of hydrogen-bond acceptors (Lipinski definition) is 3. The SMILES string of the molecule is C=N/C(=C\C(=N/C)c1cnc2[nH]c3ccccc3c2c1)CC(C)C. The molecule has 0 amide bonds. The van der Waals surface area contributed by atoms with Crippen molar-refractivity contribution in [3.8, 4) is 0 Å². The maximum atomic E-state index is 4.57. The molecule has 0 fully saturated rings. The van der Waals surface area contributed by atoms with Gasteiger partial charge >= 0.3 is 0 Å². The third-order valence-corrected chi connectivity index (χ3v) is 4.02. The number of hydrogen-bond donors (Lipinski definition) is 1. The normalized spacial score (nSPS) is 13.2. The lowest BCUT2D eigenvalue weighted by molar-refractivity contribution is 0.639. The van der Waals surface area contributed by atoms with Crippen molar-refractivity contribution in [3.05, 3.63) is 53.9 Å². The standard InChI is InChI=1S/C20H22N4/c1-13(2)9-15(21-3)11-19(22-4)14-10-17-16-7-5-6-8-18(16)24-20(17)23-12-14/h5-8,10-13H,3,9H2,1-2,4H3,(H,23,24)/b15-11-,22-19+. The number of para-hydroxylation sites is 1. The van der Waals surface area contributed by atoms with Crippen LogP contribution in [0.1, 0.15) is 25.8 Å². The fraction of sp³-hybridized carbons (Fsp3) is 0.250. The first kappa shape index (κ1) is 16.1. The molecule has 0 saturated carbocycles. The quantitative estimate of drug-likeness (QED) is 0.677. The van der Waals surface area contributed by atoms with E-state index >= 15 is 0 Å². The highest BCUT2D eigenvalue weighted by Gasteiger charge is 2.09. The molecule has 4 heteroatoms. The Labute approximate surface area is 142 Å². The summed E-state index contributed by atoms with van der Waals surface area (Å²) in [6, 6.07) is 10.4. The van der Waals surface area contributed by atoms with Gasteiger partial charge in [-0.05, 0) is 37.3 Å². The maximum Gasteiger partial charge on any atom is 0.138 e. The van der Waals surface area contributed by atoms with Crippen LogP contribution in [0, 0.1) is 5.92 Å². The van der Waals surface area contributed by atoms with Gasteiger partial charge in [-0.15, -0.1) is 0 Å². The van der Waals surface area contributed by atoms with Crippen LogP contribution >= 0.6 is 0 Å². The van der Waals surface area contributed by atoms with Crippen molar-refractivity contribution in [2.45, 2.75) is 20.3 Å². The second-order valence-corrected chi connectivity index (χ2v) is 6.29. The van der Waals surface area contributed by atoms with Crippen LogP contribution in [0.4, 0.5) is 0 Å². The second kappa shape index (κ2) is 6.79. The summed E-state index contributed by atoms with van der Waals surface area (Å²) < 4.78 is 0. The molecule has 4 nitrogen and oxygen atoms in total. The monoisotopic (exact) mass is 318 g/mol. The third kappa shape index (κ3) is 3.13. The molecule has 1 aromatic carbocycles. The first-order valence-corrected chi connectivity index (χ1v) is 8.13. The zero-order valence-electron chi connectivity index (χ0n) is 14.4. The Morgan fingerprint density at radius 3 is 2.79 bits per heavy atom. The van der Waals surface area contributed by atoms with Crippen LogP contribution in [0.2, 0.25) is 0 Å². The molecule has 0 aliphatic carbocycles. The molecule has 122 valence electrons. The van der Waals surface area contributed by atoms with Crippen molar-refractivity contribution < 1.29 is 0 Å². The molecule has 3 aromatic rings. The molecule has 2 heterocycles. The van der Waals surface area contributed by atoms with Gasteiger partial charge in [0.25, 0.3) is 0 Å². The minimum atomic E-state index is 0.522. The lowest BCUT2D eigenvalue weighted by Gasteiger charge is -2.07. The molecule has 0 aliphatic heterocycles. The van der Waals surface area contributed by atoms with Crippen molar-refractivity contribution in [2.75, 3.05) is 7.05 Å². The van der Waals surface area contributed by atoms with E-state index in [1.54, 1.807) is 7.05 Å². The van der Waals surface area contributed by atoms with E-state index < -0.39 is 0 Å². The van der Waals surface area contributed by atoms with Gasteiger partial charge < -0.3 is 4.98 Å². The van der Waals surface area contributed by atoms with E-state index in [9.17, 15) is 0 Å². The molecule has 3 rings (SSSR count). The summed E-state index contributed by atoms with van der Waals surface area (Å²) in [5.41, 5.74) is 4.79. The van der Waals surface area contributed by atoms with Crippen LogP contribution in [-0.2, 0) is 0 Å². The fourth-order valence-corrected chi connectivity index (χ4v) is 2.89. The van der Waals surface area contributed by atoms with Crippen LogP contribution in [-0.4, -0.2) is 29.4 Å². The summed E-state index contributed by atoms with van der Waals surface area (Å²) in [6.07, 6.45) is 4.74. The Hall–Kier alpha value is -2.75. The molecule has 0 unspecified atom stereocenters. The molecule has 2 aromatic heterocycles. The van der Waals surface area contributed by atoms with Crippen molar-refractivity contribution in [2.24, 2.45) is 15.9 Å². The minimum Gasteiger partial charge on any atom is -0.339 e. The van der Waals surface area contributed by atoms with Gasteiger partial charge in [0.1, 0.15) is 5.65 Å². The Kier molecular flexibility index (Phi) is 4.56. The van der Waals surface area contributed by atoms with E-state index in [2.05, 4.69) is 58.7 Å². The van der Waals surface area contributed by atoms with Gasteiger partial charge in [0.05, 0.1) is 5.71 Å². The Morgan fingerprint density at radius 1 is 1.29 bits per heavy atom. The summed E-state index contributed by atoms with van der Waals surface area (Å²) in [5.74, 6) is 0.522. The summed E-state index contributed by atoms with van der Waals surface area (Å²) in [6.45, 7) is 8.02. The number of aliphatic imine (C=N–C) groups is 2. The minimum absolute atomic E-state index is 0.522. The van der Waals surface area contributed by atoms with Gasteiger partial charge in [-0.2, -0.15) is 0 Å². The molecule has 0 saturated heterocycles. The number of aromatic amines is 1. The zero-order chi connectivity index (χ0) is 17.1. The first-order valence-electron chi connectivity index (χ1n) is 8.13. The summed E-state index contributed by atoms with van der Waals surface area (Å²) in [5, 5.41) is 2.28. The fourth-order valence-electron chi connectivity index (χ4n) is 2.89. The highest BCUT2D eigenvalue weighted by molar-refractivity contribution is 6.13. The summed E-state index contributed by atoms with van der Waals surface area (Å²) >= 11 is 0. The van der Waals surface area contributed by atoms with E-state index in [1.165, 1.54) is 5.39 Å². The van der Waals surface area contributed by atoms with Gasteiger partial charge in [-0.25, -0.2) is 4.98 Å². The average Bonchev–Trinajstić information content (AvgIpc) is 2.96. The number of allylic oxidation sites excluding steroid dienone is 2. The predicted octanol–water partition coefficient (Wildman–Crippen LogP) is 4.77. The second-order valence-electron chi connectivity index (χ2n) is 6.29. The molecule has 0 atom stereocenters. The van der Waals surface area contributed by atoms with E-state index in [-0.39, 0.29) is 0 Å². The highest BCUT2D eigenvalue weighted by Crippen LogP contribution is 2.25. The molecular formula is C20H22N4. The number of nitrogens with one attached hydrogen (secondary N) is 1. The van der Waals surface area contributed by atoms with Gasteiger partial charge in [-0.1, -0.05) is 32.0 Å². The molecule has 0 radical (unpaired) electrons. The summed E-state index contributed by atoms with van der Waals surface area (Å²) in [4.78, 5) is 16.5. The average molecular weight is 318 g/mol. The topological polar surface area (TPSA) is 53.4 Å². The van der Waals surface area contributed by atoms with Crippen LogP contribution in [0.25, 0.3) is 21.9 Å². The molecule has 1 N–H and O–H groups in total. The molecule has 0 bridgehead atoms. The smallest absolute Gasteiger partial charge is 0.138 e. The number of nitrogens with zero attached hydrogens (tertiary/aromatic N) is 3. The largest absolute Gasteiger partial charge is 0.339 e. The van der Waals surface area contributed by atoms with Crippen LogP contribution < -0.4 is 0 Å². The van der Waals surface area contributed by atoms with Crippen LogP contribution in [0.5, 0.6) is 0 Å². The van der Waals surface area contributed by atoms with E-state index in [1.807, 2.05) is 24.4 Å². The van der Waals surface area contributed by atoms with Crippen molar-refractivity contribution >= 4 is 34.4 Å². The summed E-state index contributed by atoms with van der Waals surface area (Å²) in [7, 11) is 1.79. The highest BCUT2D eigenvalue weighted by atomic mass is 14.9. The lowest BCUT2D eigenvalue weighted by atomic mass is 10.0. The van der Waals surface area contributed by atoms with Crippen molar-refractivity contribution in [1.82, 2.24) is 9.97 Å². The van der Waals surface area contributed by atoms with Crippen molar-refractivity contribution in [1.29, 1.82) is 0 Å². The van der Waals surface area contributed by atoms with Gasteiger partial charge in [0.15, 0.2) is 0 Å². The maximum absolute atomic E-state index is 4.57. The third-order valence-electron chi connectivity index (χ3n) is 4.02. The van der Waals surface area contributed by atoms with E-state index in [0.717, 1.165) is 39.9 Å². The van der Waals surface area contributed by atoms with E-state index in [4.69, 9.17) is 0 Å². The van der Waals surface area contributed by atoms with Crippen LogP contribution in [0.15, 0.2) is 58.3 Å². The Balaban J connectivity index is 2.08. The van der Waals surface area contributed by atoms with E-state index in [0.29, 0.717) is 5.92 Å². The molecule has 24 heavy (non-hydrogen) atoms. The number of rotatable bonds is 5. The Bertz CT molecular complexity index is 945.